The molecule has 0 saturated carbocycles. The zero-order chi connectivity index (χ0) is 22.6. The van der Waals surface area contributed by atoms with Gasteiger partial charge in [0.15, 0.2) is 5.54 Å². The van der Waals surface area contributed by atoms with E-state index < -0.39 is 34.2 Å². The number of halogens is 4. The van der Waals surface area contributed by atoms with Crippen LogP contribution in [0.15, 0.2) is 24.5 Å². The lowest BCUT2D eigenvalue weighted by molar-refractivity contribution is -0.137. The van der Waals surface area contributed by atoms with Crippen LogP contribution < -0.4 is 10.6 Å². The van der Waals surface area contributed by atoms with Gasteiger partial charge in [0, 0.05) is 39.0 Å². The average molecular weight is 456 g/mol. The highest BCUT2D eigenvalue weighted by Crippen LogP contribution is 2.39. The van der Waals surface area contributed by atoms with Crippen molar-refractivity contribution in [2.24, 2.45) is 7.05 Å². The number of hydrogen-bond acceptors (Lipinski definition) is 4. The van der Waals surface area contributed by atoms with Gasteiger partial charge in [-0.15, -0.1) is 0 Å². The van der Waals surface area contributed by atoms with Gasteiger partial charge in [-0.1, -0.05) is 11.6 Å². The van der Waals surface area contributed by atoms with Crippen molar-refractivity contribution in [1.29, 1.82) is 0 Å². The van der Waals surface area contributed by atoms with E-state index in [9.17, 15) is 27.6 Å². The Labute approximate surface area is 179 Å². The Balaban J connectivity index is 1.51. The smallest absolute Gasteiger partial charge is 0.336 e. The standard InChI is InChI=1S/C19H17ClF3N5O3/c1-27-5-4-24-15(27)18(16(30)25-17(31)26-18)3-2-14(29)28-8-10-6-12(19(21,22)23)13(20)7-11(10)9-28/h4-7H,2-3,8-9H2,1H3,(H2,25,26,30,31)/t18-/m1/s1. The van der Waals surface area contributed by atoms with Crippen molar-refractivity contribution in [2.75, 3.05) is 0 Å². The molecule has 164 valence electrons. The summed E-state index contributed by atoms with van der Waals surface area (Å²) in [5.41, 5.74) is -1.54. The summed E-state index contributed by atoms with van der Waals surface area (Å²) in [6, 6.07) is 1.50. The third-order valence-corrected chi connectivity index (χ3v) is 5.84. The molecule has 2 N–H and O–H groups in total. The van der Waals surface area contributed by atoms with E-state index in [1.54, 1.807) is 17.8 Å². The third-order valence-electron chi connectivity index (χ3n) is 5.53. The molecule has 0 unspecified atom stereocenters. The normalized spacial score (nSPS) is 20.6. The number of alkyl halides is 3. The lowest BCUT2D eigenvalue weighted by Gasteiger charge is -2.26. The Bertz CT molecular complexity index is 1100. The fourth-order valence-corrected chi connectivity index (χ4v) is 4.27. The van der Waals surface area contributed by atoms with Gasteiger partial charge in [-0.25, -0.2) is 9.78 Å². The maximum Gasteiger partial charge on any atom is 0.417 e. The molecule has 2 aliphatic rings. The lowest BCUT2D eigenvalue weighted by atomic mass is 9.92. The van der Waals surface area contributed by atoms with Gasteiger partial charge in [0.25, 0.3) is 5.91 Å². The zero-order valence-corrected chi connectivity index (χ0v) is 17.0. The zero-order valence-electron chi connectivity index (χ0n) is 16.2. The van der Waals surface area contributed by atoms with Gasteiger partial charge in [0.2, 0.25) is 5.91 Å². The molecule has 1 atom stereocenters. The van der Waals surface area contributed by atoms with Crippen molar-refractivity contribution in [2.45, 2.75) is 37.6 Å². The fraction of sp³-hybridized carbons (Fsp3) is 0.368. The van der Waals surface area contributed by atoms with Crippen LogP contribution in [0, 0.1) is 0 Å². The number of aromatic nitrogens is 2. The molecular formula is C19H17ClF3N5O3. The van der Waals surface area contributed by atoms with Crippen molar-refractivity contribution < 1.29 is 27.6 Å². The molecule has 1 aromatic carbocycles. The molecule has 0 radical (unpaired) electrons. The van der Waals surface area contributed by atoms with Gasteiger partial charge in [-0.05, 0) is 29.7 Å². The second kappa shape index (κ2) is 7.26. The van der Waals surface area contributed by atoms with E-state index >= 15 is 0 Å². The van der Waals surface area contributed by atoms with Crippen molar-refractivity contribution >= 4 is 29.4 Å². The maximum atomic E-state index is 13.1. The Morgan fingerprint density at radius 1 is 1.26 bits per heavy atom. The highest BCUT2D eigenvalue weighted by atomic mass is 35.5. The Morgan fingerprint density at radius 3 is 2.48 bits per heavy atom. The minimum absolute atomic E-state index is 0.00236. The molecular weight excluding hydrogens is 439 g/mol. The van der Waals surface area contributed by atoms with E-state index in [-0.39, 0.29) is 37.7 Å². The average Bonchev–Trinajstić information content (AvgIpc) is 3.35. The van der Waals surface area contributed by atoms with E-state index in [0.29, 0.717) is 11.1 Å². The fourth-order valence-electron chi connectivity index (χ4n) is 3.98. The molecule has 3 heterocycles. The monoisotopic (exact) mass is 455 g/mol. The molecule has 31 heavy (non-hydrogen) atoms. The molecule has 1 fully saturated rings. The summed E-state index contributed by atoms with van der Waals surface area (Å²) in [4.78, 5) is 42.7. The number of rotatable bonds is 4. The maximum absolute atomic E-state index is 13.1. The van der Waals surface area contributed by atoms with E-state index in [2.05, 4.69) is 15.6 Å². The number of hydrogen-bond donors (Lipinski definition) is 2. The van der Waals surface area contributed by atoms with Crippen LogP contribution in [0.4, 0.5) is 18.0 Å². The first-order valence-corrected chi connectivity index (χ1v) is 9.67. The quantitative estimate of drug-likeness (QED) is 0.692. The summed E-state index contributed by atoms with van der Waals surface area (Å²) in [6.45, 7) is 0.113. The van der Waals surface area contributed by atoms with Crippen LogP contribution in [0.25, 0.3) is 0 Å². The molecule has 12 heteroatoms. The molecule has 0 spiro atoms. The largest absolute Gasteiger partial charge is 0.417 e. The Morgan fingerprint density at radius 2 is 1.94 bits per heavy atom. The van der Waals surface area contributed by atoms with E-state index in [0.717, 1.165) is 6.07 Å². The van der Waals surface area contributed by atoms with Gasteiger partial charge >= 0.3 is 12.2 Å². The predicted molar refractivity (Wildman–Crippen MR) is 102 cm³/mol. The van der Waals surface area contributed by atoms with Crippen LogP contribution >= 0.6 is 11.6 Å². The highest BCUT2D eigenvalue weighted by molar-refractivity contribution is 6.31. The first-order valence-electron chi connectivity index (χ1n) is 9.29. The summed E-state index contributed by atoms with van der Waals surface area (Å²) >= 11 is 5.77. The molecule has 1 aromatic heterocycles. The molecule has 1 saturated heterocycles. The summed E-state index contributed by atoms with van der Waals surface area (Å²) in [5, 5.41) is 4.31. The summed E-state index contributed by atoms with van der Waals surface area (Å²) < 4.78 is 40.9. The number of urea groups is 1. The van der Waals surface area contributed by atoms with Gasteiger partial charge < -0.3 is 14.8 Å². The van der Waals surface area contributed by atoms with Crippen LogP contribution in [0.3, 0.4) is 0 Å². The molecule has 0 aliphatic carbocycles. The Hall–Kier alpha value is -3.08. The number of carbonyl (C=O) groups is 3. The minimum Gasteiger partial charge on any atom is -0.336 e. The van der Waals surface area contributed by atoms with E-state index in [4.69, 9.17) is 11.6 Å². The summed E-state index contributed by atoms with van der Waals surface area (Å²) in [6.07, 6.45) is -1.71. The lowest BCUT2D eigenvalue weighted by Crippen LogP contribution is -2.46. The van der Waals surface area contributed by atoms with Gasteiger partial charge in [-0.3, -0.25) is 14.9 Å². The van der Waals surface area contributed by atoms with E-state index in [1.165, 1.54) is 17.2 Å². The second-order valence-electron chi connectivity index (χ2n) is 7.52. The summed E-state index contributed by atoms with van der Waals surface area (Å²) in [5.74, 6) is -0.718. The topological polar surface area (TPSA) is 96.3 Å². The van der Waals surface area contributed by atoms with Crippen molar-refractivity contribution in [1.82, 2.24) is 25.1 Å². The molecule has 4 amide bonds. The number of aryl methyl sites for hydroxylation is 1. The number of carbonyl (C=O) groups excluding carboxylic acids is 3. The van der Waals surface area contributed by atoms with Gasteiger partial charge in [-0.2, -0.15) is 13.2 Å². The number of amides is 4. The molecule has 2 aromatic rings. The SMILES string of the molecule is Cn1ccnc1[C@@]1(CCC(=O)N2Cc3cc(Cl)c(C(F)(F)F)cc3C2)NC(=O)NC1=O. The first kappa shape index (κ1) is 21.2. The summed E-state index contributed by atoms with van der Waals surface area (Å²) in [7, 11) is 1.66. The number of imide groups is 1. The third kappa shape index (κ3) is 3.62. The van der Waals surface area contributed by atoms with Crippen molar-refractivity contribution in [3.8, 4) is 0 Å². The highest BCUT2D eigenvalue weighted by Gasteiger charge is 2.50. The van der Waals surface area contributed by atoms with Crippen LogP contribution in [0.5, 0.6) is 0 Å². The first-order chi connectivity index (χ1) is 14.5. The van der Waals surface area contributed by atoms with Crippen molar-refractivity contribution in [3.05, 3.63) is 52.1 Å². The van der Waals surface area contributed by atoms with Crippen LogP contribution in [-0.2, 0) is 41.4 Å². The van der Waals surface area contributed by atoms with Crippen LogP contribution in [-0.4, -0.2) is 32.3 Å². The van der Waals surface area contributed by atoms with Gasteiger partial charge in [0.05, 0.1) is 10.6 Å². The van der Waals surface area contributed by atoms with Gasteiger partial charge in [0.1, 0.15) is 5.82 Å². The second-order valence-corrected chi connectivity index (χ2v) is 7.93. The minimum atomic E-state index is -4.59. The van der Waals surface area contributed by atoms with Crippen LogP contribution in [0.2, 0.25) is 5.02 Å². The number of nitrogens with one attached hydrogen (secondary N) is 2. The molecule has 4 rings (SSSR count). The predicted octanol–water partition coefficient (Wildman–Crippen LogP) is 2.45. The number of benzene rings is 1. The van der Waals surface area contributed by atoms with Crippen LogP contribution in [0.1, 0.15) is 35.4 Å². The van der Waals surface area contributed by atoms with Crippen molar-refractivity contribution in [3.63, 3.8) is 0 Å². The number of imidazole rings is 1. The molecule has 0 bridgehead atoms. The Kier molecular flexibility index (Phi) is 4.95. The molecule has 8 nitrogen and oxygen atoms in total. The van der Waals surface area contributed by atoms with E-state index in [1.807, 2.05) is 0 Å². The molecule has 2 aliphatic heterocycles. The number of fused-ring (bicyclic) bond motifs is 1. The number of nitrogens with zero attached hydrogens (tertiary/aromatic N) is 3.